The zero-order valence-corrected chi connectivity index (χ0v) is 28.5. The zero-order valence-electron chi connectivity index (χ0n) is 28.5. The highest BCUT2D eigenvalue weighted by Gasteiger charge is 2.47. The third-order valence-electron chi connectivity index (χ3n) is 11.3. The fourth-order valence-electron chi connectivity index (χ4n) is 8.93. The quantitative estimate of drug-likeness (QED) is 0.174. The number of hydrogen-bond donors (Lipinski definition) is 0. The molecule has 12 rings (SSSR count). The molecule has 0 N–H and O–H groups in total. The second kappa shape index (κ2) is 10.8. The van der Waals surface area contributed by atoms with E-state index in [1.54, 1.807) is 0 Å². The molecular weight excluding hydrogens is 649 g/mol. The maximum atomic E-state index is 6.60. The molecule has 246 valence electrons. The van der Waals surface area contributed by atoms with E-state index in [0.29, 0.717) is 5.88 Å². The van der Waals surface area contributed by atoms with Gasteiger partial charge in [0.1, 0.15) is 28.7 Å². The zero-order chi connectivity index (χ0) is 34.6. The molecule has 4 nitrogen and oxygen atoms in total. The molecule has 1 aromatic heterocycles. The molecule has 1 aliphatic carbocycles. The number of pyridine rings is 1. The van der Waals surface area contributed by atoms with Crippen LogP contribution in [0.3, 0.4) is 0 Å². The van der Waals surface area contributed by atoms with Crippen LogP contribution in [-0.4, -0.2) is 11.7 Å². The number of nitrogens with zero attached hydrogens (tertiary/aromatic N) is 1. The number of aromatic nitrogens is 1. The first-order chi connectivity index (χ1) is 26.2. The SMILES string of the molecule is c1ccc(-c2ccc(-c3cccc4c3Cc3c(-c5cccc(-c6cc7c8c(n6)Oc6cccc9c6B8c6c(cccc6O7)O9)c5)cccc3-4)cc2)cc1. The van der Waals surface area contributed by atoms with Gasteiger partial charge >= 0.3 is 0 Å². The van der Waals surface area contributed by atoms with Gasteiger partial charge in [-0.1, -0.05) is 121 Å². The molecule has 0 saturated carbocycles. The van der Waals surface area contributed by atoms with Gasteiger partial charge in [0.25, 0.3) is 6.71 Å². The van der Waals surface area contributed by atoms with E-state index in [1.807, 2.05) is 36.4 Å². The summed E-state index contributed by atoms with van der Waals surface area (Å²) < 4.78 is 19.4. The average Bonchev–Trinajstić information content (AvgIpc) is 3.61. The van der Waals surface area contributed by atoms with Gasteiger partial charge in [-0.05, 0) is 92.4 Å². The Morgan fingerprint density at radius 1 is 0.377 bits per heavy atom. The van der Waals surface area contributed by atoms with E-state index in [0.717, 1.165) is 68.4 Å². The number of fused-ring (bicyclic) bond motifs is 3. The number of hydrogen-bond acceptors (Lipinski definition) is 4. The number of benzene rings is 7. The van der Waals surface area contributed by atoms with Gasteiger partial charge in [-0.2, -0.15) is 0 Å². The molecule has 0 fully saturated rings. The summed E-state index contributed by atoms with van der Waals surface area (Å²) in [6, 6.07) is 55.8. The van der Waals surface area contributed by atoms with Gasteiger partial charge in [0, 0.05) is 28.0 Å². The van der Waals surface area contributed by atoms with Crippen LogP contribution in [0.25, 0.3) is 55.8 Å². The number of rotatable bonds is 4. The summed E-state index contributed by atoms with van der Waals surface area (Å²) in [5.74, 6) is 4.58. The van der Waals surface area contributed by atoms with Crippen molar-refractivity contribution in [2.45, 2.75) is 6.42 Å². The van der Waals surface area contributed by atoms with E-state index < -0.39 is 0 Å². The smallest absolute Gasteiger partial charge is 0.272 e. The Hall–Kier alpha value is -6.85. The van der Waals surface area contributed by atoms with Gasteiger partial charge < -0.3 is 14.2 Å². The molecule has 0 unspecified atom stereocenters. The van der Waals surface area contributed by atoms with Gasteiger partial charge in [-0.15, -0.1) is 0 Å². The Labute approximate surface area is 307 Å². The average molecular weight is 678 g/mol. The second-order valence-electron chi connectivity index (χ2n) is 14.2. The lowest BCUT2D eigenvalue weighted by Crippen LogP contribution is -2.59. The molecule has 7 aromatic carbocycles. The maximum Gasteiger partial charge on any atom is 0.272 e. The molecule has 0 radical (unpaired) electrons. The molecule has 8 aromatic rings. The van der Waals surface area contributed by atoms with Gasteiger partial charge in [0.2, 0.25) is 5.88 Å². The van der Waals surface area contributed by atoms with Crippen LogP contribution >= 0.6 is 0 Å². The van der Waals surface area contributed by atoms with Gasteiger partial charge in [0.15, 0.2) is 0 Å². The van der Waals surface area contributed by atoms with Gasteiger partial charge in [-0.3, -0.25) is 0 Å². The van der Waals surface area contributed by atoms with Crippen LogP contribution in [0.2, 0.25) is 0 Å². The monoisotopic (exact) mass is 677 g/mol. The Balaban J connectivity index is 0.922. The first kappa shape index (κ1) is 28.8. The van der Waals surface area contributed by atoms with Crippen molar-refractivity contribution in [1.82, 2.24) is 4.98 Å². The third-order valence-corrected chi connectivity index (χ3v) is 11.3. The van der Waals surface area contributed by atoms with Crippen molar-refractivity contribution < 1.29 is 14.2 Å². The Kier molecular flexibility index (Phi) is 5.89. The molecule has 0 atom stereocenters. The van der Waals surface area contributed by atoms with Crippen molar-refractivity contribution in [3.05, 3.63) is 169 Å². The van der Waals surface area contributed by atoms with E-state index in [1.165, 1.54) is 50.1 Å². The second-order valence-corrected chi connectivity index (χ2v) is 14.2. The summed E-state index contributed by atoms with van der Waals surface area (Å²) >= 11 is 0. The molecule has 4 aliphatic rings. The van der Waals surface area contributed by atoms with E-state index >= 15 is 0 Å². The lowest BCUT2D eigenvalue weighted by atomic mass is 9.34. The predicted octanol–water partition coefficient (Wildman–Crippen LogP) is 10.2. The van der Waals surface area contributed by atoms with Gasteiger partial charge in [0.05, 0.1) is 5.69 Å². The van der Waals surface area contributed by atoms with Crippen molar-refractivity contribution in [3.63, 3.8) is 0 Å². The third kappa shape index (κ3) is 4.22. The highest BCUT2D eigenvalue weighted by molar-refractivity contribution is 6.99. The summed E-state index contributed by atoms with van der Waals surface area (Å²) in [5.41, 5.74) is 17.6. The molecule has 0 saturated heterocycles. The van der Waals surface area contributed by atoms with Crippen LogP contribution in [0, 0.1) is 0 Å². The van der Waals surface area contributed by atoms with E-state index in [-0.39, 0.29) is 6.71 Å². The fourth-order valence-corrected chi connectivity index (χ4v) is 8.93. The van der Waals surface area contributed by atoms with Gasteiger partial charge in [-0.25, -0.2) is 4.98 Å². The van der Waals surface area contributed by atoms with Crippen molar-refractivity contribution in [2.24, 2.45) is 0 Å². The summed E-state index contributed by atoms with van der Waals surface area (Å²) in [4.78, 5) is 5.16. The molecule has 53 heavy (non-hydrogen) atoms. The minimum Gasteiger partial charge on any atom is -0.458 e. The highest BCUT2D eigenvalue weighted by atomic mass is 16.5. The molecule has 5 heteroatoms. The standard InChI is InChI=1S/C48H28BNO3/c1-2-9-28(10-3-1)29-21-23-30(24-22-29)33-13-5-15-35-36-16-6-14-34(38(36)26-37(33)35)31-11-4-12-32(25-31)39-27-44-47-48(50-39)53-43-20-8-18-41-46(43)49(47)45-40(51-41)17-7-19-42(45)52-44/h1-25,27H,26H2. The van der Waals surface area contributed by atoms with Crippen LogP contribution in [0.4, 0.5) is 0 Å². The number of ether oxygens (including phenoxy) is 3. The van der Waals surface area contributed by atoms with Crippen LogP contribution in [0.1, 0.15) is 11.1 Å². The minimum atomic E-state index is -0.0539. The first-order valence-electron chi connectivity index (χ1n) is 18.1. The van der Waals surface area contributed by atoms with E-state index in [9.17, 15) is 0 Å². The summed E-state index contributed by atoms with van der Waals surface area (Å²) in [5, 5.41) is 0. The maximum absolute atomic E-state index is 6.60. The Morgan fingerprint density at radius 3 is 1.58 bits per heavy atom. The topological polar surface area (TPSA) is 40.6 Å². The summed E-state index contributed by atoms with van der Waals surface area (Å²) in [6.07, 6.45) is 0.874. The molecule has 0 spiro atoms. The van der Waals surface area contributed by atoms with Crippen LogP contribution < -0.4 is 30.6 Å². The van der Waals surface area contributed by atoms with Crippen LogP contribution in [-0.2, 0) is 6.42 Å². The summed E-state index contributed by atoms with van der Waals surface area (Å²) in [7, 11) is 0. The minimum absolute atomic E-state index is 0.0539. The lowest BCUT2D eigenvalue weighted by Gasteiger charge is -2.36. The van der Waals surface area contributed by atoms with Crippen LogP contribution in [0.15, 0.2) is 158 Å². The Bertz CT molecular complexity index is 2770. The molecular formula is C48H28BNO3. The molecule has 4 heterocycles. The highest BCUT2D eigenvalue weighted by Crippen LogP contribution is 2.46. The van der Waals surface area contributed by atoms with Crippen molar-refractivity contribution in [1.29, 1.82) is 0 Å². The largest absolute Gasteiger partial charge is 0.458 e. The van der Waals surface area contributed by atoms with E-state index in [2.05, 4.69) is 121 Å². The van der Waals surface area contributed by atoms with E-state index in [4.69, 9.17) is 19.2 Å². The van der Waals surface area contributed by atoms with Crippen LogP contribution in [0.5, 0.6) is 34.6 Å². The van der Waals surface area contributed by atoms with Crippen molar-refractivity contribution in [2.75, 3.05) is 0 Å². The molecule has 0 bridgehead atoms. The molecule has 0 amide bonds. The Morgan fingerprint density at radius 2 is 0.887 bits per heavy atom. The summed E-state index contributed by atoms with van der Waals surface area (Å²) in [6.45, 7) is -0.0539. The first-order valence-corrected chi connectivity index (χ1v) is 18.1. The fraction of sp³-hybridized carbons (Fsp3) is 0.0208. The predicted molar refractivity (Wildman–Crippen MR) is 212 cm³/mol. The molecule has 3 aliphatic heterocycles. The lowest BCUT2D eigenvalue weighted by molar-refractivity contribution is 0.434. The van der Waals surface area contributed by atoms with Crippen molar-refractivity contribution >= 4 is 23.1 Å². The van der Waals surface area contributed by atoms with Crippen molar-refractivity contribution in [3.8, 4) is 90.4 Å². The normalized spacial score (nSPS) is 13.2.